The lowest BCUT2D eigenvalue weighted by Crippen LogP contribution is -2.16. The Morgan fingerprint density at radius 1 is 1.27 bits per heavy atom. The van der Waals surface area contributed by atoms with Gasteiger partial charge in [-0.3, -0.25) is 4.79 Å². The van der Waals surface area contributed by atoms with Gasteiger partial charge in [-0.2, -0.15) is 4.68 Å². The van der Waals surface area contributed by atoms with Crippen molar-refractivity contribution in [3.8, 4) is 5.82 Å². The normalized spacial score (nSPS) is 11.4. The molecule has 0 saturated heterocycles. The summed E-state index contributed by atoms with van der Waals surface area (Å²) in [7, 11) is 3.91. The van der Waals surface area contributed by atoms with Crippen LogP contribution in [-0.4, -0.2) is 50.9 Å². The molecule has 0 radical (unpaired) electrons. The van der Waals surface area contributed by atoms with Gasteiger partial charge in [0.2, 0.25) is 5.91 Å². The van der Waals surface area contributed by atoms with E-state index in [4.69, 9.17) is 10.7 Å². The van der Waals surface area contributed by atoms with Gasteiger partial charge in [0.1, 0.15) is 5.82 Å². The molecule has 0 spiro atoms. The Bertz CT molecular complexity index is 966. The number of hydrogen-bond donors (Lipinski definition) is 1. The van der Waals surface area contributed by atoms with Gasteiger partial charge in [0, 0.05) is 10.3 Å². The van der Waals surface area contributed by atoms with Crippen LogP contribution in [0.3, 0.4) is 0 Å². The van der Waals surface area contributed by atoms with Crippen LogP contribution in [0.2, 0.25) is 0 Å². The van der Waals surface area contributed by atoms with E-state index in [9.17, 15) is 4.79 Å². The van der Waals surface area contributed by atoms with Crippen LogP contribution in [0.4, 0.5) is 0 Å². The zero-order valence-corrected chi connectivity index (χ0v) is 16.2. The third-order valence-corrected chi connectivity index (χ3v) is 4.66. The van der Waals surface area contributed by atoms with E-state index in [0.717, 1.165) is 27.2 Å². The van der Waals surface area contributed by atoms with Crippen LogP contribution in [0.25, 0.3) is 16.7 Å². The van der Waals surface area contributed by atoms with E-state index in [1.165, 1.54) is 0 Å². The maximum atomic E-state index is 11.3. The summed E-state index contributed by atoms with van der Waals surface area (Å²) < 4.78 is 1.70. The molecule has 3 aromatic rings. The molecule has 0 atom stereocenters. The Kier molecular flexibility index (Phi) is 5.24. The van der Waals surface area contributed by atoms with Crippen LogP contribution in [0, 0.1) is 6.92 Å². The quantitative estimate of drug-likeness (QED) is 0.667. The van der Waals surface area contributed by atoms with Crippen molar-refractivity contribution in [1.82, 2.24) is 24.6 Å². The molecule has 7 nitrogen and oxygen atoms in total. The first-order valence-corrected chi connectivity index (χ1v) is 9.43. The standard InChI is InChI=1S/C18H22N6OS/c1-11-7-17(20-14-8-12(26-4)5-6-13(11)14)24-18(10-23(2)3)21-16(22-24)9-15(19)25/h5-8H,9-10H2,1-4H3,(H2,19,25). The van der Waals surface area contributed by atoms with Crippen molar-refractivity contribution in [2.24, 2.45) is 5.73 Å². The van der Waals surface area contributed by atoms with E-state index < -0.39 is 5.91 Å². The van der Waals surface area contributed by atoms with E-state index in [1.54, 1.807) is 16.4 Å². The van der Waals surface area contributed by atoms with Crippen LogP contribution in [-0.2, 0) is 17.8 Å². The molecule has 8 heteroatoms. The minimum absolute atomic E-state index is 0.0105. The minimum Gasteiger partial charge on any atom is -0.369 e. The Balaban J connectivity index is 2.14. The van der Waals surface area contributed by atoms with E-state index in [1.807, 2.05) is 31.3 Å². The number of primary amides is 1. The molecule has 3 rings (SSSR count). The number of fused-ring (bicyclic) bond motifs is 1. The molecule has 0 saturated carbocycles. The van der Waals surface area contributed by atoms with E-state index in [-0.39, 0.29) is 6.42 Å². The molecule has 2 heterocycles. The van der Waals surface area contributed by atoms with Crippen molar-refractivity contribution < 1.29 is 4.79 Å². The van der Waals surface area contributed by atoms with Crippen LogP contribution >= 0.6 is 11.8 Å². The van der Waals surface area contributed by atoms with Crippen LogP contribution < -0.4 is 5.73 Å². The second-order valence-corrected chi connectivity index (χ2v) is 7.30. The molecule has 0 bridgehead atoms. The summed E-state index contributed by atoms with van der Waals surface area (Å²) in [6.45, 7) is 2.63. The van der Waals surface area contributed by atoms with E-state index >= 15 is 0 Å². The van der Waals surface area contributed by atoms with Gasteiger partial charge in [-0.1, -0.05) is 6.07 Å². The summed E-state index contributed by atoms with van der Waals surface area (Å²) in [5.74, 6) is 1.37. The summed E-state index contributed by atoms with van der Waals surface area (Å²) in [5, 5.41) is 5.58. The number of carbonyl (C=O) groups is 1. The van der Waals surface area contributed by atoms with E-state index in [0.29, 0.717) is 18.2 Å². The van der Waals surface area contributed by atoms with Crippen molar-refractivity contribution in [3.05, 3.63) is 41.5 Å². The number of pyridine rings is 1. The fraction of sp³-hybridized carbons (Fsp3) is 0.333. The highest BCUT2D eigenvalue weighted by Gasteiger charge is 2.16. The zero-order valence-electron chi connectivity index (χ0n) is 15.4. The van der Waals surface area contributed by atoms with Gasteiger partial charge in [-0.05, 0) is 51.0 Å². The Labute approximate surface area is 156 Å². The minimum atomic E-state index is -0.453. The average molecular weight is 370 g/mol. The molecule has 0 aliphatic heterocycles. The number of rotatable bonds is 6. The first-order valence-electron chi connectivity index (χ1n) is 8.21. The second-order valence-electron chi connectivity index (χ2n) is 6.42. The number of nitrogens with two attached hydrogens (primary N) is 1. The van der Waals surface area contributed by atoms with Crippen molar-refractivity contribution >= 4 is 28.6 Å². The van der Waals surface area contributed by atoms with Crippen molar-refractivity contribution in [3.63, 3.8) is 0 Å². The van der Waals surface area contributed by atoms with Crippen molar-refractivity contribution in [2.45, 2.75) is 24.8 Å². The summed E-state index contributed by atoms with van der Waals surface area (Å²) >= 11 is 1.68. The van der Waals surface area contributed by atoms with Crippen LogP contribution in [0.1, 0.15) is 17.2 Å². The highest BCUT2D eigenvalue weighted by molar-refractivity contribution is 7.98. The summed E-state index contributed by atoms with van der Waals surface area (Å²) in [6, 6.07) is 8.25. The van der Waals surface area contributed by atoms with Crippen LogP contribution in [0.15, 0.2) is 29.2 Å². The molecule has 136 valence electrons. The zero-order chi connectivity index (χ0) is 18.8. The molecule has 0 aliphatic rings. The fourth-order valence-corrected chi connectivity index (χ4v) is 3.22. The molecule has 2 aromatic heterocycles. The highest BCUT2D eigenvalue weighted by atomic mass is 32.2. The Morgan fingerprint density at radius 2 is 2.04 bits per heavy atom. The summed E-state index contributed by atoms with van der Waals surface area (Å²) in [4.78, 5) is 23.7. The SMILES string of the molecule is CSc1ccc2c(C)cc(-n3nc(CC(N)=O)nc3CN(C)C)nc2c1. The number of benzene rings is 1. The Hall–Kier alpha value is -2.45. The molecular formula is C18H22N6OS. The number of carbonyl (C=O) groups excluding carboxylic acids is 1. The highest BCUT2D eigenvalue weighted by Crippen LogP contribution is 2.25. The van der Waals surface area contributed by atoms with Gasteiger partial charge >= 0.3 is 0 Å². The predicted molar refractivity (Wildman–Crippen MR) is 103 cm³/mol. The molecule has 26 heavy (non-hydrogen) atoms. The summed E-state index contributed by atoms with van der Waals surface area (Å²) in [6.07, 6.45) is 2.05. The molecule has 0 fully saturated rings. The molecule has 1 amide bonds. The van der Waals surface area contributed by atoms with Gasteiger partial charge in [0.25, 0.3) is 0 Å². The lowest BCUT2D eigenvalue weighted by atomic mass is 10.1. The lowest BCUT2D eigenvalue weighted by molar-refractivity contribution is -0.117. The number of amides is 1. The monoisotopic (exact) mass is 370 g/mol. The third-order valence-electron chi connectivity index (χ3n) is 3.94. The van der Waals surface area contributed by atoms with Gasteiger partial charge < -0.3 is 10.6 Å². The van der Waals surface area contributed by atoms with Crippen molar-refractivity contribution in [1.29, 1.82) is 0 Å². The van der Waals surface area contributed by atoms with Gasteiger partial charge in [-0.25, -0.2) is 9.97 Å². The Morgan fingerprint density at radius 3 is 2.69 bits per heavy atom. The smallest absolute Gasteiger partial charge is 0.225 e. The largest absolute Gasteiger partial charge is 0.369 e. The maximum Gasteiger partial charge on any atom is 0.225 e. The first-order chi connectivity index (χ1) is 12.4. The lowest BCUT2D eigenvalue weighted by Gasteiger charge is -2.12. The number of nitrogens with zero attached hydrogens (tertiary/aromatic N) is 5. The van der Waals surface area contributed by atoms with Crippen molar-refractivity contribution in [2.75, 3.05) is 20.4 Å². The second kappa shape index (κ2) is 7.43. The third kappa shape index (κ3) is 3.86. The topological polar surface area (TPSA) is 89.9 Å². The average Bonchev–Trinajstić information content (AvgIpc) is 2.94. The van der Waals surface area contributed by atoms with Gasteiger partial charge in [-0.15, -0.1) is 16.9 Å². The number of aryl methyl sites for hydroxylation is 1. The van der Waals surface area contributed by atoms with E-state index in [2.05, 4.69) is 35.2 Å². The molecule has 2 N–H and O–H groups in total. The molecule has 0 unspecified atom stereocenters. The van der Waals surface area contributed by atoms with Crippen LogP contribution in [0.5, 0.6) is 0 Å². The first kappa shape index (κ1) is 18.3. The fourth-order valence-electron chi connectivity index (χ4n) is 2.79. The van der Waals surface area contributed by atoms with Gasteiger partial charge in [0.15, 0.2) is 11.6 Å². The number of hydrogen-bond acceptors (Lipinski definition) is 6. The molecule has 0 aliphatic carbocycles. The molecular weight excluding hydrogens is 348 g/mol. The molecule has 1 aromatic carbocycles. The number of thioether (sulfide) groups is 1. The van der Waals surface area contributed by atoms with Gasteiger partial charge in [0.05, 0.1) is 18.5 Å². The predicted octanol–water partition coefficient (Wildman–Crippen LogP) is 1.94. The maximum absolute atomic E-state index is 11.3. The summed E-state index contributed by atoms with van der Waals surface area (Å²) in [5.41, 5.74) is 7.32. The number of aromatic nitrogens is 4.